The summed E-state index contributed by atoms with van der Waals surface area (Å²) in [7, 11) is 0. The largest absolute Gasteiger partial charge is 0.465 e. The van der Waals surface area contributed by atoms with E-state index in [9.17, 15) is 4.79 Å². The Hall–Kier alpha value is -3.01. The van der Waals surface area contributed by atoms with Gasteiger partial charge in [0.05, 0.1) is 25.2 Å². The molecule has 0 saturated carbocycles. The normalized spacial score (nSPS) is 13.3. The average molecular weight is 566 g/mol. The fourth-order valence-corrected chi connectivity index (χ4v) is 5.40. The molecule has 0 amide bonds. The SMILES string of the molecule is CCCN(CCC)CCCCN(CC(=O)OCC)Cc1ccc(CN(C(C)c2ncc[nH]2)C(C)c2ncc[nH]2)cc1. The maximum absolute atomic E-state index is 12.4. The van der Waals surface area contributed by atoms with E-state index in [0.29, 0.717) is 13.2 Å². The molecule has 0 bridgehead atoms. The third-order valence-corrected chi connectivity index (χ3v) is 7.56. The molecule has 0 aliphatic carbocycles. The highest BCUT2D eigenvalue weighted by Gasteiger charge is 2.26. The quantitative estimate of drug-likeness (QED) is 0.134. The Morgan fingerprint density at radius 3 is 1.76 bits per heavy atom. The summed E-state index contributed by atoms with van der Waals surface area (Å²) in [5.74, 6) is 1.71. The molecule has 9 heteroatoms. The minimum atomic E-state index is -0.155. The summed E-state index contributed by atoms with van der Waals surface area (Å²) >= 11 is 0. The molecule has 41 heavy (non-hydrogen) atoms. The predicted octanol–water partition coefficient (Wildman–Crippen LogP) is 5.72. The number of esters is 1. The molecule has 3 aromatic rings. The van der Waals surface area contributed by atoms with Crippen LogP contribution in [0, 0.1) is 0 Å². The minimum absolute atomic E-state index is 0.0791. The van der Waals surface area contributed by atoms with E-state index in [4.69, 9.17) is 4.74 Å². The molecule has 0 aliphatic heterocycles. The number of ether oxygens (including phenoxy) is 1. The van der Waals surface area contributed by atoms with Crippen molar-refractivity contribution in [1.82, 2.24) is 34.6 Å². The fourth-order valence-electron chi connectivity index (χ4n) is 5.40. The number of nitrogens with zero attached hydrogens (tertiary/aromatic N) is 5. The van der Waals surface area contributed by atoms with Crippen LogP contribution in [-0.4, -0.2) is 79.9 Å². The lowest BCUT2D eigenvalue weighted by Gasteiger charge is -2.32. The van der Waals surface area contributed by atoms with Gasteiger partial charge in [-0.25, -0.2) is 9.97 Å². The summed E-state index contributed by atoms with van der Waals surface area (Å²) in [6.07, 6.45) is 11.9. The Kier molecular flexibility index (Phi) is 14.1. The number of hydrogen-bond acceptors (Lipinski definition) is 7. The molecule has 226 valence electrons. The lowest BCUT2D eigenvalue weighted by atomic mass is 10.1. The molecule has 3 rings (SSSR count). The van der Waals surface area contributed by atoms with Crippen molar-refractivity contribution in [2.75, 3.05) is 39.3 Å². The van der Waals surface area contributed by atoms with Gasteiger partial charge in [-0.2, -0.15) is 0 Å². The van der Waals surface area contributed by atoms with E-state index in [-0.39, 0.29) is 18.1 Å². The van der Waals surface area contributed by atoms with Crippen LogP contribution in [0.1, 0.15) is 95.2 Å². The predicted molar refractivity (Wildman–Crippen MR) is 164 cm³/mol. The van der Waals surface area contributed by atoms with Crippen LogP contribution < -0.4 is 0 Å². The van der Waals surface area contributed by atoms with E-state index in [0.717, 1.165) is 63.8 Å². The van der Waals surface area contributed by atoms with Crippen LogP contribution in [0.5, 0.6) is 0 Å². The molecule has 2 heterocycles. The zero-order valence-electron chi connectivity index (χ0n) is 25.8. The summed E-state index contributed by atoms with van der Waals surface area (Å²) in [5.41, 5.74) is 2.41. The number of hydrogen-bond donors (Lipinski definition) is 2. The molecule has 0 radical (unpaired) electrons. The van der Waals surface area contributed by atoms with Crippen molar-refractivity contribution < 1.29 is 9.53 Å². The standard InChI is InChI=1S/C32H51N7O2/c1-6-19-37(20-7-2)21-9-10-22-38(25-30(40)41-8-3)23-28-11-13-29(14-12-28)24-39(26(4)31-33-15-16-34-31)27(5)32-35-17-18-36-32/h11-18,26-27H,6-10,19-25H2,1-5H3,(H,33,34)(H,35,36). The van der Waals surface area contributed by atoms with Crippen molar-refractivity contribution in [2.45, 2.75) is 85.5 Å². The summed E-state index contributed by atoms with van der Waals surface area (Å²) in [4.78, 5) is 35.1. The van der Waals surface area contributed by atoms with Crippen LogP contribution in [0.3, 0.4) is 0 Å². The molecule has 2 unspecified atom stereocenters. The van der Waals surface area contributed by atoms with Crippen LogP contribution >= 0.6 is 0 Å². The van der Waals surface area contributed by atoms with Gasteiger partial charge >= 0.3 is 5.97 Å². The lowest BCUT2D eigenvalue weighted by Crippen LogP contribution is -2.32. The number of aromatic amines is 2. The highest BCUT2D eigenvalue weighted by Crippen LogP contribution is 2.29. The van der Waals surface area contributed by atoms with Gasteiger partial charge < -0.3 is 19.6 Å². The van der Waals surface area contributed by atoms with Gasteiger partial charge in [0.2, 0.25) is 0 Å². The van der Waals surface area contributed by atoms with E-state index >= 15 is 0 Å². The average Bonchev–Trinajstić information content (AvgIpc) is 3.70. The van der Waals surface area contributed by atoms with E-state index in [1.807, 2.05) is 19.3 Å². The van der Waals surface area contributed by atoms with Gasteiger partial charge in [-0.3, -0.25) is 14.6 Å². The molecular weight excluding hydrogens is 514 g/mol. The van der Waals surface area contributed by atoms with Gasteiger partial charge in [-0.15, -0.1) is 0 Å². The number of carbonyl (C=O) groups excluding carboxylic acids is 1. The van der Waals surface area contributed by atoms with Crippen LogP contribution in [-0.2, 0) is 22.6 Å². The van der Waals surface area contributed by atoms with Crippen LogP contribution in [0.4, 0.5) is 0 Å². The molecule has 0 saturated heterocycles. The highest BCUT2D eigenvalue weighted by atomic mass is 16.5. The molecule has 2 atom stereocenters. The number of unbranched alkanes of at least 4 members (excludes halogenated alkanes) is 1. The summed E-state index contributed by atoms with van der Waals surface area (Å²) in [5, 5.41) is 0. The Morgan fingerprint density at radius 1 is 0.780 bits per heavy atom. The molecular formula is C32H51N7O2. The van der Waals surface area contributed by atoms with Crippen molar-refractivity contribution in [3.8, 4) is 0 Å². The Morgan fingerprint density at radius 2 is 1.29 bits per heavy atom. The second-order valence-electron chi connectivity index (χ2n) is 10.9. The summed E-state index contributed by atoms with van der Waals surface area (Å²) in [6.45, 7) is 17.2. The monoisotopic (exact) mass is 565 g/mol. The van der Waals surface area contributed by atoms with Gasteiger partial charge in [0.25, 0.3) is 0 Å². The van der Waals surface area contributed by atoms with Crippen molar-refractivity contribution >= 4 is 5.97 Å². The van der Waals surface area contributed by atoms with Crippen LogP contribution in [0.15, 0.2) is 49.1 Å². The number of aromatic nitrogens is 4. The number of H-pyrrole nitrogens is 2. The first-order chi connectivity index (χ1) is 19.9. The first kappa shape index (κ1) is 32.5. The molecule has 0 aliphatic rings. The number of carbonyl (C=O) groups is 1. The maximum Gasteiger partial charge on any atom is 0.320 e. The first-order valence-electron chi connectivity index (χ1n) is 15.4. The second-order valence-corrected chi connectivity index (χ2v) is 10.9. The van der Waals surface area contributed by atoms with E-state index < -0.39 is 0 Å². The minimum Gasteiger partial charge on any atom is -0.465 e. The number of rotatable bonds is 20. The van der Waals surface area contributed by atoms with Crippen LogP contribution in [0.25, 0.3) is 0 Å². The molecule has 2 aromatic heterocycles. The lowest BCUT2D eigenvalue weighted by molar-refractivity contribution is -0.144. The van der Waals surface area contributed by atoms with E-state index in [1.165, 1.54) is 24.0 Å². The van der Waals surface area contributed by atoms with Gasteiger partial charge in [-0.05, 0) is 83.8 Å². The van der Waals surface area contributed by atoms with Crippen LogP contribution in [0.2, 0.25) is 0 Å². The summed E-state index contributed by atoms with van der Waals surface area (Å²) < 4.78 is 5.28. The first-order valence-corrected chi connectivity index (χ1v) is 15.4. The van der Waals surface area contributed by atoms with E-state index in [2.05, 4.69) is 86.6 Å². The zero-order valence-corrected chi connectivity index (χ0v) is 25.8. The fraction of sp³-hybridized carbons (Fsp3) is 0.594. The molecule has 1 aromatic carbocycles. The number of benzene rings is 1. The third-order valence-electron chi connectivity index (χ3n) is 7.56. The third kappa shape index (κ3) is 10.7. The maximum atomic E-state index is 12.4. The van der Waals surface area contributed by atoms with Crippen molar-refractivity contribution in [2.24, 2.45) is 0 Å². The number of imidazole rings is 2. The number of nitrogens with one attached hydrogen (secondary N) is 2. The van der Waals surface area contributed by atoms with Gasteiger partial charge in [0.15, 0.2) is 0 Å². The molecule has 0 spiro atoms. The van der Waals surface area contributed by atoms with Crippen molar-refractivity contribution in [3.63, 3.8) is 0 Å². The Labute approximate surface area is 246 Å². The zero-order chi connectivity index (χ0) is 29.5. The van der Waals surface area contributed by atoms with Gasteiger partial charge in [0.1, 0.15) is 11.6 Å². The Bertz CT molecular complexity index is 1040. The van der Waals surface area contributed by atoms with Crippen molar-refractivity contribution in [3.05, 3.63) is 71.8 Å². The molecule has 9 nitrogen and oxygen atoms in total. The van der Waals surface area contributed by atoms with Gasteiger partial charge in [0, 0.05) is 37.9 Å². The summed E-state index contributed by atoms with van der Waals surface area (Å²) in [6, 6.07) is 8.92. The molecule has 0 fully saturated rings. The highest BCUT2D eigenvalue weighted by molar-refractivity contribution is 5.71. The molecule has 2 N–H and O–H groups in total. The topological polar surface area (TPSA) is 93.4 Å². The van der Waals surface area contributed by atoms with E-state index in [1.54, 1.807) is 12.4 Å². The second kappa shape index (κ2) is 17.7. The Balaban J connectivity index is 1.64. The van der Waals surface area contributed by atoms with Crippen molar-refractivity contribution in [1.29, 1.82) is 0 Å². The van der Waals surface area contributed by atoms with Gasteiger partial charge in [-0.1, -0.05) is 38.1 Å². The smallest absolute Gasteiger partial charge is 0.320 e.